The first kappa shape index (κ1) is 18.6. The molecule has 140 valence electrons. The van der Waals surface area contributed by atoms with Gasteiger partial charge < -0.3 is 19.3 Å². The molecule has 0 unspecified atom stereocenters. The number of ether oxygens (including phenoxy) is 3. The zero-order valence-corrected chi connectivity index (χ0v) is 15.0. The molecule has 0 radical (unpaired) electrons. The molecule has 26 heavy (non-hydrogen) atoms. The van der Waals surface area contributed by atoms with Crippen LogP contribution in [0.25, 0.3) is 0 Å². The van der Waals surface area contributed by atoms with Crippen LogP contribution in [0.15, 0.2) is 42.5 Å². The van der Waals surface area contributed by atoms with Crippen LogP contribution in [0.3, 0.4) is 0 Å². The molecule has 0 aliphatic carbocycles. The minimum absolute atomic E-state index is 0.0928. The fourth-order valence-corrected chi connectivity index (χ4v) is 3.43. The van der Waals surface area contributed by atoms with Crippen LogP contribution in [0.1, 0.15) is 17.2 Å². The van der Waals surface area contributed by atoms with E-state index in [1.54, 1.807) is 6.07 Å². The lowest BCUT2D eigenvalue weighted by molar-refractivity contribution is -0.0962. The van der Waals surface area contributed by atoms with Crippen LogP contribution in [0, 0.1) is 5.82 Å². The second-order valence-corrected chi connectivity index (χ2v) is 6.22. The van der Waals surface area contributed by atoms with Gasteiger partial charge in [0.25, 0.3) is 0 Å². The van der Waals surface area contributed by atoms with E-state index < -0.39 is 0 Å². The quantitative estimate of drug-likeness (QED) is 0.857. The van der Waals surface area contributed by atoms with E-state index in [4.69, 9.17) is 14.2 Å². The summed E-state index contributed by atoms with van der Waals surface area (Å²) in [6.07, 6.45) is -0.352. The summed E-state index contributed by atoms with van der Waals surface area (Å²) in [6.45, 7) is 1.42. The molecule has 1 fully saturated rings. The predicted octanol–water partition coefficient (Wildman–Crippen LogP) is 2.78. The molecule has 2 aromatic carbocycles. The monoisotopic (exact) mass is 361 g/mol. The van der Waals surface area contributed by atoms with Gasteiger partial charge in [0.2, 0.25) is 0 Å². The van der Waals surface area contributed by atoms with Crippen molar-refractivity contribution in [3.05, 3.63) is 59.4 Å². The highest BCUT2D eigenvalue weighted by atomic mass is 19.1. The summed E-state index contributed by atoms with van der Waals surface area (Å²) in [5.74, 6) is 0.511. The first-order valence-corrected chi connectivity index (χ1v) is 8.59. The summed E-state index contributed by atoms with van der Waals surface area (Å²) < 4.78 is 30.8. The lowest BCUT2D eigenvalue weighted by Gasteiger charge is -2.41. The van der Waals surface area contributed by atoms with E-state index in [0.29, 0.717) is 36.8 Å². The van der Waals surface area contributed by atoms with Gasteiger partial charge in [0.05, 0.1) is 33.5 Å². The maximum absolute atomic E-state index is 14.6. The number of nitrogens with zero attached hydrogens (tertiary/aromatic N) is 1. The number of hydrogen-bond donors (Lipinski definition) is 1. The van der Waals surface area contributed by atoms with E-state index in [1.165, 1.54) is 20.3 Å². The lowest BCUT2D eigenvalue weighted by atomic mass is 9.97. The molecule has 5 nitrogen and oxygen atoms in total. The number of benzene rings is 2. The van der Waals surface area contributed by atoms with E-state index in [9.17, 15) is 9.50 Å². The zero-order chi connectivity index (χ0) is 18.5. The summed E-state index contributed by atoms with van der Waals surface area (Å²) in [5, 5.41) is 9.75. The maximum Gasteiger partial charge on any atom is 0.163 e. The Morgan fingerprint density at radius 3 is 2.50 bits per heavy atom. The minimum atomic E-state index is -0.352. The molecule has 1 aliphatic rings. The van der Waals surface area contributed by atoms with Crippen molar-refractivity contribution in [2.45, 2.75) is 18.7 Å². The molecule has 0 bridgehead atoms. The lowest BCUT2D eigenvalue weighted by Crippen LogP contribution is -2.46. The molecule has 0 spiro atoms. The van der Waals surface area contributed by atoms with Crippen molar-refractivity contribution >= 4 is 0 Å². The number of halogens is 1. The molecule has 0 amide bonds. The standard InChI is InChI=1S/C20H24FNO4/c1-24-17-10-15(16(21)11-18(17)25-2)12-22-8-9-26-19(13-23)20(22)14-6-4-3-5-7-14/h3-7,10-11,19-20,23H,8-9,12-13H2,1-2H3/t19-,20-/m1/s1. The first-order chi connectivity index (χ1) is 12.7. The molecule has 3 rings (SSSR count). The third kappa shape index (κ3) is 3.82. The highest BCUT2D eigenvalue weighted by molar-refractivity contribution is 5.43. The molecule has 2 atom stereocenters. The second kappa shape index (κ2) is 8.49. The van der Waals surface area contributed by atoms with Gasteiger partial charge in [-0.25, -0.2) is 4.39 Å². The fraction of sp³-hybridized carbons (Fsp3) is 0.400. The van der Waals surface area contributed by atoms with E-state index in [2.05, 4.69) is 4.90 Å². The van der Waals surface area contributed by atoms with Crippen molar-refractivity contribution in [3.63, 3.8) is 0 Å². The largest absolute Gasteiger partial charge is 0.493 e. The van der Waals surface area contributed by atoms with Crippen molar-refractivity contribution in [2.75, 3.05) is 34.0 Å². The Balaban J connectivity index is 1.91. The molecule has 1 heterocycles. The highest BCUT2D eigenvalue weighted by Gasteiger charge is 2.33. The van der Waals surface area contributed by atoms with Crippen molar-refractivity contribution in [1.82, 2.24) is 4.90 Å². The van der Waals surface area contributed by atoms with Crippen molar-refractivity contribution in [1.29, 1.82) is 0 Å². The number of hydrogen-bond acceptors (Lipinski definition) is 5. The third-order valence-electron chi connectivity index (χ3n) is 4.70. The van der Waals surface area contributed by atoms with Crippen LogP contribution >= 0.6 is 0 Å². The summed E-state index contributed by atoms with van der Waals surface area (Å²) in [6, 6.07) is 12.7. The van der Waals surface area contributed by atoms with Gasteiger partial charge in [0, 0.05) is 24.7 Å². The number of morpholine rings is 1. The number of aliphatic hydroxyl groups excluding tert-OH is 1. The van der Waals surface area contributed by atoms with Crippen LogP contribution in [0.2, 0.25) is 0 Å². The first-order valence-electron chi connectivity index (χ1n) is 8.59. The Labute approximate surface area is 152 Å². The van der Waals surface area contributed by atoms with E-state index in [-0.39, 0.29) is 24.6 Å². The molecular weight excluding hydrogens is 337 g/mol. The van der Waals surface area contributed by atoms with Crippen LogP contribution in [0.5, 0.6) is 11.5 Å². The molecule has 1 N–H and O–H groups in total. The molecule has 6 heteroatoms. The molecule has 1 saturated heterocycles. The second-order valence-electron chi connectivity index (χ2n) is 6.22. The molecule has 2 aromatic rings. The molecule has 1 aliphatic heterocycles. The van der Waals surface area contributed by atoms with Gasteiger partial charge in [-0.1, -0.05) is 30.3 Å². The van der Waals surface area contributed by atoms with E-state index in [1.807, 2.05) is 30.3 Å². The van der Waals surface area contributed by atoms with Gasteiger partial charge >= 0.3 is 0 Å². The van der Waals surface area contributed by atoms with E-state index in [0.717, 1.165) is 5.56 Å². The summed E-state index contributed by atoms with van der Waals surface area (Å²) in [4.78, 5) is 2.13. The normalized spacial score (nSPS) is 20.8. The predicted molar refractivity (Wildman–Crippen MR) is 95.9 cm³/mol. The minimum Gasteiger partial charge on any atom is -0.493 e. The van der Waals surface area contributed by atoms with Crippen LogP contribution < -0.4 is 9.47 Å². The average molecular weight is 361 g/mol. The summed E-state index contributed by atoms with van der Waals surface area (Å²) in [7, 11) is 3.01. The Morgan fingerprint density at radius 2 is 1.85 bits per heavy atom. The van der Waals surface area contributed by atoms with Crippen LogP contribution in [-0.4, -0.2) is 50.1 Å². The topological polar surface area (TPSA) is 51.2 Å². The SMILES string of the molecule is COc1cc(F)c(CN2CCO[C@H](CO)[C@H]2c2ccccc2)cc1OC. The average Bonchev–Trinajstić information content (AvgIpc) is 2.69. The van der Waals surface area contributed by atoms with Gasteiger partial charge in [0.1, 0.15) is 11.9 Å². The van der Waals surface area contributed by atoms with Crippen LogP contribution in [-0.2, 0) is 11.3 Å². The molecular formula is C20H24FNO4. The Morgan fingerprint density at radius 1 is 1.15 bits per heavy atom. The van der Waals surface area contributed by atoms with Gasteiger partial charge in [-0.05, 0) is 11.6 Å². The van der Waals surface area contributed by atoms with Gasteiger partial charge in [-0.15, -0.1) is 0 Å². The Bertz CT molecular complexity index is 725. The van der Waals surface area contributed by atoms with E-state index >= 15 is 0 Å². The zero-order valence-electron chi connectivity index (χ0n) is 15.0. The Hall–Kier alpha value is -2.15. The van der Waals surface area contributed by atoms with Crippen molar-refractivity contribution in [3.8, 4) is 11.5 Å². The molecule has 0 aromatic heterocycles. The number of methoxy groups -OCH3 is 2. The van der Waals surface area contributed by atoms with Crippen LogP contribution in [0.4, 0.5) is 4.39 Å². The fourth-order valence-electron chi connectivity index (χ4n) is 3.43. The summed E-state index contributed by atoms with van der Waals surface area (Å²) >= 11 is 0. The summed E-state index contributed by atoms with van der Waals surface area (Å²) in [5.41, 5.74) is 1.55. The highest BCUT2D eigenvalue weighted by Crippen LogP contribution is 2.34. The van der Waals surface area contributed by atoms with Gasteiger partial charge in [-0.2, -0.15) is 0 Å². The third-order valence-corrected chi connectivity index (χ3v) is 4.70. The smallest absolute Gasteiger partial charge is 0.163 e. The Kier molecular flexibility index (Phi) is 6.08. The number of rotatable bonds is 6. The van der Waals surface area contributed by atoms with Crippen molar-refractivity contribution in [2.24, 2.45) is 0 Å². The molecule has 0 saturated carbocycles. The number of aliphatic hydroxyl groups is 1. The maximum atomic E-state index is 14.6. The van der Waals surface area contributed by atoms with Gasteiger partial charge in [0.15, 0.2) is 11.5 Å². The van der Waals surface area contributed by atoms with Gasteiger partial charge in [-0.3, -0.25) is 4.90 Å². The van der Waals surface area contributed by atoms with Crippen molar-refractivity contribution < 1.29 is 23.7 Å².